The number of aliphatic hydroxyl groups excluding tert-OH is 1. The van der Waals surface area contributed by atoms with Gasteiger partial charge in [0.15, 0.2) is 5.16 Å². The molecular weight excluding hydrogens is 359 g/mol. The molecule has 1 heterocycles. The molecule has 1 fully saturated rings. The molecule has 0 radical (unpaired) electrons. The first-order chi connectivity index (χ1) is 12.5. The second-order valence-electron chi connectivity index (χ2n) is 5.96. The Bertz CT molecular complexity index is 790. The molecule has 0 saturated heterocycles. The molecule has 0 atom stereocenters. The van der Waals surface area contributed by atoms with E-state index < -0.39 is 0 Å². The summed E-state index contributed by atoms with van der Waals surface area (Å²) >= 11 is 1.16. The number of anilines is 1. The number of benzene rings is 1. The van der Waals surface area contributed by atoms with Gasteiger partial charge >= 0.3 is 0 Å². The normalized spacial score (nSPS) is 13.5. The number of imidazole rings is 1. The molecule has 3 N–H and O–H groups in total. The van der Waals surface area contributed by atoms with Crippen LogP contribution in [0.5, 0.6) is 0 Å². The van der Waals surface area contributed by atoms with Crippen molar-refractivity contribution >= 4 is 29.3 Å². The van der Waals surface area contributed by atoms with E-state index in [-0.39, 0.29) is 42.6 Å². The van der Waals surface area contributed by atoms with Crippen LogP contribution in [-0.4, -0.2) is 38.3 Å². The summed E-state index contributed by atoms with van der Waals surface area (Å²) in [7, 11) is 0. The molecule has 1 saturated carbocycles. The van der Waals surface area contributed by atoms with Crippen LogP contribution in [0.2, 0.25) is 0 Å². The van der Waals surface area contributed by atoms with E-state index in [2.05, 4.69) is 15.6 Å². The minimum Gasteiger partial charge on any atom is -0.390 e. The summed E-state index contributed by atoms with van der Waals surface area (Å²) in [5.41, 5.74) is 1.01. The van der Waals surface area contributed by atoms with Gasteiger partial charge in [0.1, 0.15) is 12.4 Å². The van der Waals surface area contributed by atoms with Gasteiger partial charge in [-0.3, -0.25) is 9.59 Å². The number of amides is 2. The molecule has 0 spiro atoms. The monoisotopic (exact) mass is 378 g/mol. The summed E-state index contributed by atoms with van der Waals surface area (Å²) < 4.78 is 14.5. The van der Waals surface area contributed by atoms with Crippen LogP contribution in [0, 0.1) is 5.82 Å². The SMILES string of the molecule is O=C(CSc1ncc(CO)n1CC(=O)NC1CC1)Nc1ccc(F)cc1. The molecule has 0 bridgehead atoms. The summed E-state index contributed by atoms with van der Waals surface area (Å²) in [6, 6.07) is 5.74. The minimum absolute atomic E-state index is 0.0499. The molecule has 1 aromatic carbocycles. The Kier molecular flexibility index (Phi) is 5.89. The van der Waals surface area contributed by atoms with E-state index in [0.717, 1.165) is 24.6 Å². The molecule has 26 heavy (non-hydrogen) atoms. The fraction of sp³-hybridized carbons (Fsp3) is 0.353. The lowest BCUT2D eigenvalue weighted by Crippen LogP contribution is -2.30. The van der Waals surface area contributed by atoms with Gasteiger partial charge in [0.25, 0.3) is 0 Å². The zero-order valence-corrected chi connectivity index (χ0v) is 14.8. The van der Waals surface area contributed by atoms with Crippen LogP contribution in [0.15, 0.2) is 35.6 Å². The van der Waals surface area contributed by atoms with Gasteiger partial charge < -0.3 is 20.3 Å². The van der Waals surface area contributed by atoms with Crippen LogP contribution < -0.4 is 10.6 Å². The van der Waals surface area contributed by atoms with Crippen molar-refractivity contribution in [3.05, 3.63) is 42.0 Å². The second-order valence-corrected chi connectivity index (χ2v) is 6.90. The van der Waals surface area contributed by atoms with Crippen molar-refractivity contribution in [3.8, 4) is 0 Å². The number of nitrogens with zero attached hydrogens (tertiary/aromatic N) is 2. The number of thioether (sulfide) groups is 1. The Labute approximate surface area is 154 Å². The van der Waals surface area contributed by atoms with Crippen molar-refractivity contribution in [1.29, 1.82) is 0 Å². The van der Waals surface area contributed by atoms with Crippen LogP contribution >= 0.6 is 11.8 Å². The summed E-state index contributed by atoms with van der Waals surface area (Å²) in [5, 5.41) is 15.4. The van der Waals surface area contributed by atoms with Crippen molar-refractivity contribution in [2.45, 2.75) is 37.2 Å². The molecule has 1 aliphatic rings. The lowest BCUT2D eigenvalue weighted by molar-refractivity contribution is -0.122. The van der Waals surface area contributed by atoms with Gasteiger partial charge in [-0.15, -0.1) is 0 Å². The number of carbonyl (C=O) groups is 2. The predicted molar refractivity (Wildman–Crippen MR) is 95.1 cm³/mol. The maximum atomic E-state index is 12.9. The molecular formula is C17H19FN4O3S. The number of nitrogens with one attached hydrogen (secondary N) is 2. The fourth-order valence-electron chi connectivity index (χ4n) is 2.31. The van der Waals surface area contributed by atoms with E-state index in [1.165, 1.54) is 30.5 Å². The number of carbonyl (C=O) groups excluding carboxylic acids is 2. The Hall–Kier alpha value is -2.39. The summed E-state index contributed by atoms with van der Waals surface area (Å²) in [4.78, 5) is 28.3. The molecule has 9 heteroatoms. The second kappa shape index (κ2) is 8.33. The van der Waals surface area contributed by atoms with E-state index in [0.29, 0.717) is 16.5 Å². The first kappa shape index (κ1) is 18.4. The Morgan fingerprint density at radius 1 is 1.27 bits per heavy atom. The van der Waals surface area contributed by atoms with Gasteiger partial charge in [-0.05, 0) is 37.1 Å². The van der Waals surface area contributed by atoms with Crippen LogP contribution in [0.3, 0.4) is 0 Å². The molecule has 0 unspecified atom stereocenters. The van der Waals surface area contributed by atoms with Gasteiger partial charge in [0.2, 0.25) is 11.8 Å². The maximum Gasteiger partial charge on any atom is 0.240 e. The average molecular weight is 378 g/mol. The number of halogens is 1. The molecule has 138 valence electrons. The third-order valence-corrected chi connectivity index (χ3v) is 4.76. The molecule has 0 aliphatic heterocycles. The number of aromatic nitrogens is 2. The van der Waals surface area contributed by atoms with Crippen molar-refractivity contribution < 1.29 is 19.1 Å². The number of hydrogen-bond acceptors (Lipinski definition) is 5. The summed E-state index contributed by atoms with van der Waals surface area (Å²) in [5.74, 6) is -0.717. The summed E-state index contributed by atoms with van der Waals surface area (Å²) in [6.45, 7) is -0.194. The van der Waals surface area contributed by atoms with E-state index in [1.54, 1.807) is 4.57 Å². The lowest BCUT2D eigenvalue weighted by atomic mass is 10.3. The Morgan fingerprint density at radius 3 is 2.65 bits per heavy atom. The minimum atomic E-state index is -0.375. The van der Waals surface area contributed by atoms with Gasteiger partial charge in [-0.1, -0.05) is 11.8 Å². The number of rotatable bonds is 8. The molecule has 7 nitrogen and oxygen atoms in total. The third-order valence-electron chi connectivity index (χ3n) is 3.77. The van der Waals surface area contributed by atoms with Crippen LogP contribution in [0.1, 0.15) is 18.5 Å². The molecule has 2 aromatic rings. The average Bonchev–Trinajstić information content (AvgIpc) is 3.34. The topological polar surface area (TPSA) is 96.2 Å². The van der Waals surface area contributed by atoms with Crippen molar-refractivity contribution in [2.75, 3.05) is 11.1 Å². The highest BCUT2D eigenvalue weighted by molar-refractivity contribution is 7.99. The maximum absolute atomic E-state index is 12.9. The quantitative estimate of drug-likeness (QED) is 0.606. The lowest BCUT2D eigenvalue weighted by Gasteiger charge is -2.11. The highest BCUT2D eigenvalue weighted by atomic mass is 32.2. The van der Waals surface area contributed by atoms with Crippen molar-refractivity contribution in [2.24, 2.45) is 0 Å². The van der Waals surface area contributed by atoms with Crippen molar-refractivity contribution in [3.63, 3.8) is 0 Å². The summed E-state index contributed by atoms with van der Waals surface area (Å²) in [6.07, 6.45) is 3.48. The van der Waals surface area contributed by atoms with Crippen molar-refractivity contribution in [1.82, 2.24) is 14.9 Å². The smallest absolute Gasteiger partial charge is 0.240 e. The third kappa shape index (κ3) is 5.06. The Morgan fingerprint density at radius 2 is 2.00 bits per heavy atom. The van der Waals surface area contributed by atoms with Gasteiger partial charge in [-0.2, -0.15) is 0 Å². The van der Waals surface area contributed by atoms with E-state index in [1.807, 2.05) is 0 Å². The van der Waals surface area contributed by atoms with E-state index in [9.17, 15) is 19.1 Å². The highest BCUT2D eigenvalue weighted by Gasteiger charge is 2.24. The van der Waals surface area contributed by atoms with Gasteiger partial charge in [0, 0.05) is 11.7 Å². The largest absolute Gasteiger partial charge is 0.390 e. The molecule has 1 aliphatic carbocycles. The van der Waals surface area contributed by atoms with Gasteiger partial charge in [-0.25, -0.2) is 9.37 Å². The fourth-order valence-corrected chi connectivity index (χ4v) is 3.10. The molecule has 3 rings (SSSR count). The first-order valence-corrected chi connectivity index (χ1v) is 9.16. The number of aliphatic hydroxyl groups is 1. The zero-order valence-electron chi connectivity index (χ0n) is 13.9. The Balaban J connectivity index is 1.57. The zero-order chi connectivity index (χ0) is 18.5. The van der Waals surface area contributed by atoms with Crippen LogP contribution in [0.4, 0.5) is 10.1 Å². The van der Waals surface area contributed by atoms with Crippen LogP contribution in [0.25, 0.3) is 0 Å². The molecule has 2 amide bonds. The van der Waals surface area contributed by atoms with E-state index in [4.69, 9.17) is 0 Å². The molecule has 1 aromatic heterocycles. The van der Waals surface area contributed by atoms with E-state index >= 15 is 0 Å². The predicted octanol–water partition coefficient (Wildman–Crippen LogP) is 1.52. The standard InChI is InChI=1S/C17H19FN4O3S/c18-11-1-3-12(4-2-11)21-16(25)10-26-17-19-7-14(9-23)22(17)8-15(24)20-13-5-6-13/h1-4,7,13,23H,5-6,8-10H2,(H,20,24)(H,21,25). The number of hydrogen-bond donors (Lipinski definition) is 3. The highest BCUT2D eigenvalue weighted by Crippen LogP contribution is 2.21. The van der Waals surface area contributed by atoms with Gasteiger partial charge in [0.05, 0.1) is 24.3 Å². The van der Waals surface area contributed by atoms with Crippen LogP contribution in [-0.2, 0) is 22.7 Å². The first-order valence-electron chi connectivity index (χ1n) is 8.18.